The van der Waals surface area contributed by atoms with Crippen LogP contribution in [0.4, 0.5) is 4.39 Å². The Morgan fingerprint density at radius 2 is 1.73 bits per heavy atom. The zero-order valence-electron chi connectivity index (χ0n) is 18.6. The third-order valence-electron chi connectivity index (χ3n) is 5.70. The second-order valence-corrected chi connectivity index (χ2v) is 10.2. The van der Waals surface area contributed by atoms with Gasteiger partial charge in [0.2, 0.25) is 10.0 Å². The Balaban J connectivity index is 1.39. The molecule has 0 spiro atoms. The van der Waals surface area contributed by atoms with Crippen LogP contribution in [0.1, 0.15) is 31.7 Å². The lowest BCUT2D eigenvalue weighted by atomic mass is 9.98. The number of aryl methyl sites for hydroxylation is 1. The molecule has 3 rings (SSSR count). The third-order valence-corrected chi connectivity index (χ3v) is 7.61. The molecule has 0 saturated carbocycles. The lowest BCUT2D eigenvalue weighted by Crippen LogP contribution is -2.41. The summed E-state index contributed by atoms with van der Waals surface area (Å²) in [7, 11) is -3.74. The van der Waals surface area contributed by atoms with E-state index in [1.807, 2.05) is 37.3 Å². The normalized spacial score (nSPS) is 16.2. The third kappa shape index (κ3) is 7.10. The molecular formula is C24H29FN2O5S. The smallest absolute Gasteiger partial charge is 0.309 e. The number of nitrogens with one attached hydrogen (secondary N) is 1. The molecule has 1 unspecified atom stereocenters. The Morgan fingerprint density at radius 1 is 1.09 bits per heavy atom. The van der Waals surface area contributed by atoms with E-state index < -0.39 is 27.7 Å². The molecule has 1 atom stereocenters. The van der Waals surface area contributed by atoms with Gasteiger partial charge < -0.3 is 10.1 Å². The maximum Gasteiger partial charge on any atom is 0.309 e. The molecule has 1 amide bonds. The predicted molar refractivity (Wildman–Crippen MR) is 121 cm³/mol. The fourth-order valence-corrected chi connectivity index (χ4v) is 5.23. The summed E-state index contributed by atoms with van der Waals surface area (Å²) >= 11 is 0. The fourth-order valence-electron chi connectivity index (χ4n) is 3.76. The highest BCUT2D eigenvalue weighted by atomic mass is 32.2. The number of piperidine rings is 1. The highest BCUT2D eigenvalue weighted by molar-refractivity contribution is 7.89. The van der Waals surface area contributed by atoms with Gasteiger partial charge in [0.1, 0.15) is 5.82 Å². The number of nitrogens with zero attached hydrogens (tertiary/aromatic N) is 1. The SMILES string of the molecule is CC(CCc1ccccc1)NC(=O)COC(=O)C1CCN(S(=O)(=O)c2ccc(F)cc2)CC1. The number of benzene rings is 2. The van der Waals surface area contributed by atoms with E-state index in [0.717, 1.165) is 25.0 Å². The van der Waals surface area contributed by atoms with Crippen molar-refractivity contribution in [2.75, 3.05) is 19.7 Å². The molecule has 0 aliphatic carbocycles. The van der Waals surface area contributed by atoms with Crippen LogP contribution >= 0.6 is 0 Å². The minimum atomic E-state index is -3.74. The number of sulfonamides is 1. The van der Waals surface area contributed by atoms with E-state index in [2.05, 4.69) is 5.32 Å². The van der Waals surface area contributed by atoms with Gasteiger partial charge in [0.15, 0.2) is 6.61 Å². The largest absolute Gasteiger partial charge is 0.455 e. The van der Waals surface area contributed by atoms with Crippen LogP contribution in [0.25, 0.3) is 0 Å². The van der Waals surface area contributed by atoms with Crippen molar-refractivity contribution in [3.8, 4) is 0 Å². The van der Waals surface area contributed by atoms with Gasteiger partial charge in [-0.25, -0.2) is 12.8 Å². The first-order valence-electron chi connectivity index (χ1n) is 11.0. The lowest BCUT2D eigenvalue weighted by molar-refractivity contribution is -0.153. The molecule has 0 bridgehead atoms. The Hall–Kier alpha value is -2.78. The Labute approximate surface area is 194 Å². The number of ether oxygens (including phenoxy) is 1. The summed E-state index contributed by atoms with van der Waals surface area (Å²) in [5, 5.41) is 2.83. The van der Waals surface area contributed by atoms with Gasteiger partial charge in [-0.1, -0.05) is 30.3 Å². The van der Waals surface area contributed by atoms with Crippen LogP contribution in [0.2, 0.25) is 0 Å². The number of hydrogen-bond donors (Lipinski definition) is 1. The van der Waals surface area contributed by atoms with Crippen LogP contribution in [-0.2, 0) is 30.8 Å². The summed E-state index contributed by atoms with van der Waals surface area (Å²) in [4.78, 5) is 24.5. The fraction of sp³-hybridized carbons (Fsp3) is 0.417. The van der Waals surface area contributed by atoms with Crippen LogP contribution in [-0.4, -0.2) is 50.3 Å². The summed E-state index contributed by atoms with van der Waals surface area (Å²) in [6.45, 7) is 1.85. The quantitative estimate of drug-likeness (QED) is 0.562. The number of esters is 1. The van der Waals surface area contributed by atoms with Gasteiger partial charge in [-0.05, 0) is 62.4 Å². The number of halogens is 1. The van der Waals surface area contributed by atoms with Crippen molar-refractivity contribution in [2.45, 2.75) is 43.5 Å². The van der Waals surface area contributed by atoms with Crippen molar-refractivity contribution in [1.29, 1.82) is 0 Å². The minimum Gasteiger partial charge on any atom is -0.455 e. The second-order valence-electron chi connectivity index (χ2n) is 8.23. The molecule has 0 radical (unpaired) electrons. The number of amides is 1. The average Bonchev–Trinajstić information content (AvgIpc) is 2.82. The van der Waals surface area contributed by atoms with Crippen LogP contribution < -0.4 is 5.32 Å². The first-order chi connectivity index (χ1) is 15.8. The number of carbonyl (C=O) groups excluding carboxylic acids is 2. The molecule has 33 heavy (non-hydrogen) atoms. The summed E-state index contributed by atoms with van der Waals surface area (Å²) < 4.78 is 44.9. The van der Waals surface area contributed by atoms with Crippen molar-refractivity contribution < 1.29 is 27.1 Å². The van der Waals surface area contributed by atoms with Gasteiger partial charge in [-0.2, -0.15) is 4.31 Å². The van der Waals surface area contributed by atoms with Gasteiger partial charge in [0.05, 0.1) is 10.8 Å². The molecule has 9 heteroatoms. The topological polar surface area (TPSA) is 92.8 Å². The lowest BCUT2D eigenvalue weighted by Gasteiger charge is -2.30. The van der Waals surface area contributed by atoms with E-state index in [4.69, 9.17) is 4.74 Å². The first kappa shape index (κ1) is 24.9. The molecule has 1 aliphatic rings. The minimum absolute atomic E-state index is 0.0166. The van der Waals surface area contributed by atoms with Gasteiger partial charge in [-0.3, -0.25) is 9.59 Å². The van der Waals surface area contributed by atoms with Gasteiger partial charge in [-0.15, -0.1) is 0 Å². The molecule has 1 aliphatic heterocycles. The maximum atomic E-state index is 13.1. The molecule has 1 heterocycles. The summed E-state index contributed by atoms with van der Waals surface area (Å²) in [5.41, 5.74) is 1.19. The van der Waals surface area contributed by atoms with Crippen molar-refractivity contribution in [3.63, 3.8) is 0 Å². The Kier molecular flexibility index (Phi) is 8.57. The van der Waals surface area contributed by atoms with E-state index in [1.165, 1.54) is 22.0 Å². The number of carbonyl (C=O) groups is 2. The van der Waals surface area contributed by atoms with Crippen LogP contribution in [0, 0.1) is 11.7 Å². The van der Waals surface area contributed by atoms with Gasteiger partial charge in [0.25, 0.3) is 5.91 Å². The van der Waals surface area contributed by atoms with Crippen LogP contribution in [0.15, 0.2) is 59.5 Å². The van der Waals surface area contributed by atoms with Gasteiger partial charge >= 0.3 is 5.97 Å². The van der Waals surface area contributed by atoms with E-state index in [0.29, 0.717) is 12.8 Å². The number of rotatable bonds is 9. The maximum absolute atomic E-state index is 13.1. The molecule has 178 valence electrons. The first-order valence-corrected chi connectivity index (χ1v) is 12.5. The molecule has 2 aromatic rings. The van der Waals surface area contributed by atoms with Crippen molar-refractivity contribution in [2.24, 2.45) is 5.92 Å². The van der Waals surface area contributed by atoms with E-state index in [-0.39, 0.29) is 36.5 Å². The van der Waals surface area contributed by atoms with Crippen molar-refractivity contribution in [3.05, 3.63) is 66.0 Å². The summed E-state index contributed by atoms with van der Waals surface area (Å²) in [5.74, 6) is -1.83. The van der Waals surface area contributed by atoms with E-state index in [9.17, 15) is 22.4 Å². The second kappa shape index (κ2) is 11.4. The van der Waals surface area contributed by atoms with Crippen molar-refractivity contribution >= 4 is 21.9 Å². The van der Waals surface area contributed by atoms with E-state index in [1.54, 1.807) is 0 Å². The molecule has 0 aromatic heterocycles. The number of hydrogen-bond acceptors (Lipinski definition) is 5. The monoisotopic (exact) mass is 476 g/mol. The summed E-state index contributed by atoms with van der Waals surface area (Å²) in [6, 6.07) is 14.6. The standard InChI is InChI=1S/C24H29FN2O5S/c1-18(7-8-19-5-3-2-4-6-19)26-23(28)17-32-24(29)20-13-15-27(16-14-20)33(30,31)22-11-9-21(25)10-12-22/h2-6,9-12,18,20H,7-8,13-17H2,1H3,(H,26,28). The average molecular weight is 477 g/mol. The van der Waals surface area contributed by atoms with Gasteiger partial charge in [0, 0.05) is 19.1 Å². The predicted octanol–water partition coefficient (Wildman–Crippen LogP) is 2.91. The Bertz CT molecular complexity index is 1040. The zero-order chi connectivity index (χ0) is 23.8. The highest BCUT2D eigenvalue weighted by Crippen LogP contribution is 2.24. The van der Waals surface area contributed by atoms with Crippen molar-refractivity contribution in [1.82, 2.24) is 9.62 Å². The molecule has 2 aromatic carbocycles. The van der Waals surface area contributed by atoms with Crippen LogP contribution in [0.5, 0.6) is 0 Å². The molecular weight excluding hydrogens is 447 g/mol. The molecule has 1 saturated heterocycles. The highest BCUT2D eigenvalue weighted by Gasteiger charge is 2.33. The molecule has 1 N–H and O–H groups in total. The van der Waals surface area contributed by atoms with Crippen LogP contribution in [0.3, 0.4) is 0 Å². The summed E-state index contributed by atoms with van der Waals surface area (Å²) in [6.07, 6.45) is 2.20. The van der Waals surface area contributed by atoms with E-state index >= 15 is 0 Å². The molecule has 1 fully saturated rings. The zero-order valence-corrected chi connectivity index (χ0v) is 19.4. The molecule has 7 nitrogen and oxygen atoms in total. The Morgan fingerprint density at radius 3 is 2.36 bits per heavy atom.